The first kappa shape index (κ1) is 13.2. The molecule has 0 fully saturated rings. The molecule has 0 atom stereocenters. The summed E-state index contributed by atoms with van der Waals surface area (Å²) >= 11 is 5.98. The van der Waals surface area contributed by atoms with Crippen molar-refractivity contribution in [3.8, 4) is 17.5 Å². The minimum absolute atomic E-state index is 0.0234. The van der Waals surface area contributed by atoms with Crippen LogP contribution in [0.25, 0.3) is 5.69 Å². The molecule has 19 heavy (non-hydrogen) atoms. The predicted molar refractivity (Wildman–Crippen MR) is 70.6 cm³/mol. The second-order valence-electron chi connectivity index (χ2n) is 3.64. The summed E-state index contributed by atoms with van der Waals surface area (Å²) in [5.41, 5.74) is -0.356. The van der Waals surface area contributed by atoms with Gasteiger partial charge in [-0.1, -0.05) is 23.4 Å². The summed E-state index contributed by atoms with van der Waals surface area (Å²) in [6, 6.07) is 4.76. The van der Waals surface area contributed by atoms with Gasteiger partial charge in [0, 0.05) is 12.0 Å². The third-order valence-corrected chi connectivity index (χ3v) is 2.66. The van der Waals surface area contributed by atoms with Gasteiger partial charge in [0.1, 0.15) is 0 Å². The second-order valence-corrected chi connectivity index (χ2v) is 4.04. The lowest BCUT2D eigenvalue weighted by atomic mass is 10.2. The van der Waals surface area contributed by atoms with Crippen LogP contribution in [0.3, 0.4) is 0 Å². The van der Waals surface area contributed by atoms with Crippen LogP contribution in [-0.4, -0.2) is 26.5 Å². The van der Waals surface area contributed by atoms with Gasteiger partial charge in [-0.05, 0) is 18.2 Å². The molecule has 3 N–H and O–H groups in total. The van der Waals surface area contributed by atoms with Crippen molar-refractivity contribution in [1.82, 2.24) is 14.8 Å². The number of aliphatic hydroxyl groups is 1. The van der Waals surface area contributed by atoms with Crippen molar-refractivity contribution >= 4 is 11.6 Å². The molecule has 1 aromatic carbocycles. The van der Waals surface area contributed by atoms with Crippen LogP contribution in [0.1, 0.15) is 12.0 Å². The molecule has 0 radical (unpaired) electrons. The Morgan fingerprint density at radius 3 is 2.58 bits per heavy atom. The van der Waals surface area contributed by atoms with Crippen LogP contribution in [-0.2, 0) is 0 Å². The van der Waals surface area contributed by atoms with Gasteiger partial charge in [0.2, 0.25) is 0 Å². The van der Waals surface area contributed by atoms with Gasteiger partial charge in [0.25, 0.3) is 0 Å². The van der Waals surface area contributed by atoms with Crippen molar-refractivity contribution in [1.29, 1.82) is 0 Å². The largest absolute Gasteiger partial charge is 0.395 e. The number of aliphatic hydroxyl groups excluding tert-OH is 1. The van der Waals surface area contributed by atoms with E-state index in [1.54, 1.807) is 12.1 Å². The number of H-pyrrole nitrogens is 2. The topological polar surface area (TPSA) is 90.9 Å². The highest BCUT2D eigenvalue weighted by atomic mass is 35.5. The van der Waals surface area contributed by atoms with Gasteiger partial charge in [0.05, 0.1) is 17.3 Å². The number of halogens is 1. The molecule has 2 rings (SSSR count). The van der Waals surface area contributed by atoms with E-state index in [4.69, 9.17) is 16.7 Å². The zero-order chi connectivity index (χ0) is 13.8. The predicted octanol–water partition coefficient (Wildman–Crippen LogP) is 0.241. The van der Waals surface area contributed by atoms with Crippen molar-refractivity contribution in [2.75, 3.05) is 6.61 Å². The molecule has 0 amide bonds. The third kappa shape index (κ3) is 2.78. The zero-order valence-corrected chi connectivity index (χ0v) is 10.5. The number of hydrogen-bond donors (Lipinski definition) is 3. The van der Waals surface area contributed by atoms with Gasteiger partial charge in [0.15, 0.2) is 0 Å². The molecule has 1 aromatic heterocycles. The quantitative estimate of drug-likeness (QED) is 0.688. The Labute approximate surface area is 112 Å². The average Bonchev–Trinajstić information content (AvgIpc) is 2.72. The monoisotopic (exact) mass is 279 g/mol. The normalized spacial score (nSPS) is 10.0. The Bertz CT molecular complexity index is 733. The molecule has 1 heterocycles. The van der Waals surface area contributed by atoms with E-state index in [1.165, 1.54) is 6.07 Å². The van der Waals surface area contributed by atoms with Crippen LogP contribution in [0.15, 0.2) is 27.8 Å². The van der Waals surface area contributed by atoms with Gasteiger partial charge < -0.3 is 5.11 Å². The van der Waals surface area contributed by atoms with Crippen LogP contribution in [0.2, 0.25) is 5.02 Å². The van der Waals surface area contributed by atoms with Crippen molar-refractivity contribution in [3.63, 3.8) is 0 Å². The van der Waals surface area contributed by atoms with Gasteiger partial charge in [-0.2, -0.15) is 0 Å². The van der Waals surface area contributed by atoms with Crippen LogP contribution in [0.5, 0.6) is 0 Å². The summed E-state index contributed by atoms with van der Waals surface area (Å²) in [7, 11) is 0. The van der Waals surface area contributed by atoms with E-state index < -0.39 is 11.4 Å². The maximum atomic E-state index is 11.5. The SMILES string of the molecule is O=c1[nH][nH]c(=O)n1-c1cc(C#CCCO)ccc1Cl. The lowest BCUT2D eigenvalue weighted by molar-refractivity contribution is 0.305. The van der Waals surface area contributed by atoms with Crippen molar-refractivity contribution in [2.24, 2.45) is 0 Å². The fourth-order valence-electron chi connectivity index (χ4n) is 1.51. The first-order valence-electron chi connectivity index (χ1n) is 5.43. The fourth-order valence-corrected chi connectivity index (χ4v) is 1.71. The van der Waals surface area contributed by atoms with E-state index in [2.05, 4.69) is 22.0 Å². The number of aromatic nitrogens is 3. The lowest BCUT2D eigenvalue weighted by Crippen LogP contribution is -2.24. The number of rotatable bonds is 2. The fraction of sp³-hybridized carbons (Fsp3) is 0.167. The highest BCUT2D eigenvalue weighted by Gasteiger charge is 2.10. The maximum absolute atomic E-state index is 11.5. The number of nitrogens with one attached hydrogen (secondary N) is 2. The molecule has 6 nitrogen and oxygen atoms in total. The summed E-state index contributed by atoms with van der Waals surface area (Å²) in [5, 5.41) is 13.3. The molecule has 7 heteroatoms. The first-order valence-corrected chi connectivity index (χ1v) is 5.80. The van der Waals surface area contributed by atoms with E-state index in [0.717, 1.165) is 4.57 Å². The summed E-state index contributed by atoms with van der Waals surface area (Å²) in [6.45, 7) is -0.0234. The molecular weight excluding hydrogens is 270 g/mol. The summed E-state index contributed by atoms with van der Waals surface area (Å²) in [4.78, 5) is 23.0. The van der Waals surface area contributed by atoms with Gasteiger partial charge in [-0.15, -0.1) is 0 Å². The van der Waals surface area contributed by atoms with E-state index in [9.17, 15) is 9.59 Å². The number of aromatic amines is 2. The molecule has 0 saturated heterocycles. The van der Waals surface area contributed by atoms with E-state index in [1.807, 2.05) is 0 Å². The molecule has 0 spiro atoms. The first-order chi connectivity index (χ1) is 9.13. The highest BCUT2D eigenvalue weighted by molar-refractivity contribution is 6.32. The minimum Gasteiger partial charge on any atom is -0.395 e. The standard InChI is InChI=1S/C12H10ClN3O3/c13-9-5-4-8(3-1-2-6-17)7-10(9)16-11(18)14-15-12(16)19/h4-5,7,17H,2,6H2,(H,14,18)(H,15,19). The number of benzene rings is 1. The van der Waals surface area contributed by atoms with Crippen molar-refractivity contribution < 1.29 is 5.11 Å². The molecule has 0 aliphatic rings. The minimum atomic E-state index is -0.604. The van der Waals surface area contributed by atoms with E-state index in [-0.39, 0.29) is 17.3 Å². The molecule has 2 aromatic rings. The number of hydrogen-bond acceptors (Lipinski definition) is 3. The smallest absolute Gasteiger partial charge is 0.349 e. The molecule has 0 saturated carbocycles. The molecule has 0 aliphatic carbocycles. The Kier molecular flexibility index (Phi) is 3.90. The zero-order valence-electron chi connectivity index (χ0n) is 9.74. The summed E-state index contributed by atoms with van der Waals surface area (Å²) in [5.74, 6) is 5.56. The van der Waals surface area contributed by atoms with E-state index >= 15 is 0 Å². The average molecular weight is 280 g/mol. The van der Waals surface area contributed by atoms with Gasteiger partial charge >= 0.3 is 11.4 Å². The van der Waals surface area contributed by atoms with Crippen LogP contribution < -0.4 is 11.4 Å². The van der Waals surface area contributed by atoms with Crippen LogP contribution in [0.4, 0.5) is 0 Å². The molecule has 0 aliphatic heterocycles. The Morgan fingerprint density at radius 1 is 1.26 bits per heavy atom. The van der Waals surface area contributed by atoms with Gasteiger partial charge in [-0.3, -0.25) is 0 Å². The molecular formula is C12H10ClN3O3. The third-order valence-electron chi connectivity index (χ3n) is 2.34. The second kappa shape index (κ2) is 5.61. The van der Waals surface area contributed by atoms with Crippen molar-refractivity contribution in [2.45, 2.75) is 6.42 Å². The van der Waals surface area contributed by atoms with Crippen LogP contribution >= 0.6 is 11.6 Å². The Balaban J connectivity index is 2.53. The van der Waals surface area contributed by atoms with E-state index in [0.29, 0.717) is 12.0 Å². The molecule has 0 unspecified atom stereocenters. The van der Waals surface area contributed by atoms with Crippen LogP contribution in [0, 0.1) is 11.8 Å². The molecule has 0 bridgehead atoms. The van der Waals surface area contributed by atoms with Gasteiger partial charge in [-0.25, -0.2) is 24.4 Å². The Hall–Kier alpha value is -2.23. The Morgan fingerprint density at radius 2 is 1.95 bits per heavy atom. The number of nitrogens with zero attached hydrogens (tertiary/aromatic N) is 1. The lowest BCUT2D eigenvalue weighted by Gasteiger charge is -2.03. The summed E-state index contributed by atoms with van der Waals surface area (Å²) in [6.07, 6.45) is 0.350. The highest BCUT2D eigenvalue weighted by Crippen LogP contribution is 2.19. The molecule has 98 valence electrons. The summed E-state index contributed by atoms with van der Waals surface area (Å²) < 4.78 is 0.888. The maximum Gasteiger partial charge on any atom is 0.349 e. The van der Waals surface area contributed by atoms with Crippen molar-refractivity contribution in [3.05, 3.63) is 49.8 Å².